The van der Waals surface area contributed by atoms with E-state index in [4.69, 9.17) is 11.6 Å². The number of guanidine groups is 1. The highest BCUT2D eigenvalue weighted by Crippen LogP contribution is 2.29. The van der Waals surface area contributed by atoms with E-state index >= 15 is 0 Å². The van der Waals surface area contributed by atoms with Crippen LogP contribution >= 0.6 is 46.9 Å². The number of thiazole rings is 1. The van der Waals surface area contributed by atoms with Crippen LogP contribution < -0.4 is 15.5 Å². The van der Waals surface area contributed by atoms with Gasteiger partial charge in [-0.25, -0.2) is 4.98 Å². The van der Waals surface area contributed by atoms with Gasteiger partial charge in [-0.1, -0.05) is 24.6 Å². The molecule has 160 valence electrons. The maximum atomic E-state index is 6.19. The lowest BCUT2D eigenvalue weighted by Crippen LogP contribution is -2.41. The maximum Gasteiger partial charge on any atom is 0.191 e. The van der Waals surface area contributed by atoms with Crippen LogP contribution in [0.15, 0.2) is 29.4 Å². The minimum Gasteiger partial charge on any atom is -0.371 e. The number of rotatable bonds is 7. The molecule has 1 atom stereocenters. The van der Waals surface area contributed by atoms with Gasteiger partial charge in [-0.2, -0.15) is 0 Å². The van der Waals surface area contributed by atoms with Crippen molar-refractivity contribution in [3.63, 3.8) is 0 Å². The van der Waals surface area contributed by atoms with E-state index in [0.717, 1.165) is 50.0 Å². The van der Waals surface area contributed by atoms with Gasteiger partial charge in [-0.15, -0.1) is 35.3 Å². The van der Waals surface area contributed by atoms with Crippen LogP contribution in [0.2, 0.25) is 5.02 Å². The van der Waals surface area contributed by atoms with Gasteiger partial charge in [0.15, 0.2) is 5.96 Å². The molecular weight excluding hydrogens is 517 g/mol. The number of anilines is 1. The molecule has 0 radical (unpaired) electrons. The van der Waals surface area contributed by atoms with Gasteiger partial charge < -0.3 is 15.5 Å². The predicted octanol–water partition coefficient (Wildman–Crippen LogP) is 4.52. The van der Waals surface area contributed by atoms with Gasteiger partial charge >= 0.3 is 0 Å². The Morgan fingerprint density at radius 2 is 2.21 bits per heavy atom. The van der Waals surface area contributed by atoms with Crippen LogP contribution in [0.5, 0.6) is 0 Å². The van der Waals surface area contributed by atoms with Gasteiger partial charge in [0.25, 0.3) is 0 Å². The lowest BCUT2D eigenvalue weighted by Gasteiger charge is -2.21. The topological polar surface area (TPSA) is 52.6 Å². The molecule has 1 aromatic heterocycles. The summed E-state index contributed by atoms with van der Waals surface area (Å²) in [5.41, 5.74) is 2.54. The van der Waals surface area contributed by atoms with Gasteiger partial charge in [0.1, 0.15) is 0 Å². The first-order valence-corrected chi connectivity index (χ1v) is 11.2. The number of aromatic nitrogens is 1. The fourth-order valence-electron chi connectivity index (χ4n) is 3.52. The zero-order valence-electron chi connectivity index (χ0n) is 17.4. The Labute approximate surface area is 200 Å². The maximum absolute atomic E-state index is 6.19. The van der Waals surface area contributed by atoms with E-state index in [2.05, 4.69) is 51.5 Å². The van der Waals surface area contributed by atoms with Crippen LogP contribution in [0, 0.1) is 12.8 Å². The smallest absolute Gasteiger partial charge is 0.191 e. The molecule has 29 heavy (non-hydrogen) atoms. The quantitative estimate of drug-likeness (QED) is 0.304. The zero-order valence-corrected chi connectivity index (χ0v) is 21.3. The highest BCUT2D eigenvalue weighted by atomic mass is 127. The van der Waals surface area contributed by atoms with Gasteiger partial charge in [0.2, 0.25) is 0 Å². The second-order valence-electron chi connectivity index (χ2n) is 7.24. The summed E-state index contributed by atoms with van der Waals surface area (Å²) in [4.78, 5) is 12.6. The van der Waals surface area contributed by atoms with Crippen molar-refractivity contribution >= 4 is 58.6 Å². The molecule has 5 nitrogen and oxygen atoms in total. The van der Waals surface area contributed by atoms with E-state index in [9.17, 15) is 0 Å². The number of nitrogens with one attached hydrogen (secondary N) is 2. The highest BCUT2D eigenvalue weighted by Gasteiger charge is 2.24. The Kier molecular flexibility index (Phi) is 9.98. The van der Waals surface area contributed by atoms with Crippen molar-refractivity contribution < 1.29 is 0 Å². The molecule has 0 spiro atoms. The Bertz CT molecular complexity index is 810. The Morgan fingerprint density at radius 3 is 2.93 bits per heavy atom. The molecular formula is C21H31ClIN5S. The first kappa shape index (κ1) is 24.2. The van der Waals surface area contributed by atoms with Crippen molar-refractivity contribution in [2.75, 3.05) is 38.1 Å². The number of aryl methyl sites for hydroxylation is 2. The molecule has 0 bridgehead atoms. The van der Waals surface area contributed by atoms with Crippen molar-refractivity contribution in [3.8, 4) is 0 Å². The SMILES string of the molecule is CCc1cnc(CCNC(=NC)NCC2CCN(c3cc(Cl)ccc3C)C2)s1.I. The molecule has 1 aromatic carbocycles. The molecule has 0 amide bonds. The minimum atomic E-state index is 0. The fraction of sp³-hybridized carbons (Fsp3) is 0.524. The molecule has 0 aliphatic carbocycles. The van der Waals surface area contributed by atoms with Crippen molar-refractivity contribution in [2.45, 2.75) is 33.1 Å². The average molecular weight is 548 g/mol. The first-order valence-electron chi connectivity index (χ1n) is 9.98. The van der Waals surface area contributed by atoms with Crippen LogP contribution in [0.25, 0.3) is 0 Å². The van der Waals surface area contributed by atoms with E-state index in [-0.39, 0.29) is 24.0 Å². The Hall–Kier alpha value is -1.06. The molecule has 3 rings (SSSR count). The predicted molar refractivity (Wildman–Crippen MR) is 136 cm³/mol. The van der Waals surface area contributed by atoms with E-state index in [1.54, 1.807) is 11.3 Å². The molecule has 1 aliphatic rings. The lowest BCUT2D eigenvalue weighted by atomic mass is 10.1. The lowest BCUT2D eigenvalue weighted by molar-refractivity contribution is 0.565. The van der Waals surface area contributed by atoms with E-state index in [0.29, 0.717) is 5.92 Å². The van der Waals surface area contributed by atoms with Crippen molar-refractivity contribution in [1.82, 2.24) is 15.6 Å². The van der Waals surface area contributed by atoms with E-state index in [1.807, 2.05) is 19.3 Å². The summed E-state index contributed by atoms with van der Waals surface area (Å²) in [6.45, 7) is 8.20. The normalized spacial score (nSPS) is 16.6. The summed E-state index contributed by atoms with van der Waals surface area (Å²) in [6.07, 6.45) is 5.15. The first-order chi connectivity index (χ1) is 13.6. The van der Waals surface area contributed by atoms with Gasteiger partial charge in [-0.3, -0.25) is 4.99 Å². The third kappa shape index (κ3) is 7.00. The summed E-state index contributed by atoms with van der Waals surface area (Å²) < 4.78 is 0. The summed E-state index contributed by atoms with van der Waals surface area (Å²) in [5.74, 6) is 1.47. The van der Waals surface area contributed by atoms with Crippen LogP contribution in [0.1, 0.15) is 28.8 Å². The van der Waals surface area contributed by atoms with Crippen LogP contribution in [0.3, 0.4) is 0 Å². The molecule has 1 unspecified atom stereocenters. The Morgan fingerprint density at radius 1 is 1.38 bits per heavy atom. The van der Waals surface area contributed by atoms with Crippen LogP contribution in [-0.2, 0) is 12.8 Å². The molecule has 8 heteroatoms. The summed E-state index contributed by atoms with van der Waals surface area (Å²) in [6, 6.07) is 6.14. The second kappa shape index (κ2) is 12.0. The molecule has 2 aromatic rings. The third-order valence-corrected chi connectivity index (χ3v) is 6.60. The van der Waals surface area contributed by atoms with Gasteiger partial charge in [-0.05, 0) is 43.4 Å². The monoisotopic (exact) mass is 547 g/mol. The van der Waals surface area contributed by atoms with Gasteiger partial charge in [0.05, 0.1) is 5.01 Å². The van der Waals surface area contributed by atoms with Crippen molar-refractivity contribution in [1.29, 1.82) is 0 Å². The largest absolute Gasteiger partial charge is 0.371 e. The summed E-state index contributed by atoms with van der Waals surface area (Å²) in [7, 11) is 1.82. The Balaban J connectivity index is 0.00000300. The van der Waals surface area contributed by atoms with Crippen LogP contribution in [0.4, 0.5) is 5.69 Å². The number of hydrogen-bond donors (Lipinski definition) is 2. The third-order valence-electron chi connectivity index (χ3n) is 5.16. The van der Waals surface area contributed by atoms with Gasteiger partial charge in [0, 0.05) is 61.4 Å². The molecule has 2 heterocycles. The molecule has 2 N–H and O–H groups in total. The van der Waals surface area contributed by atoms with E-state index in [1.165, 1.54) is 27.6 Å². The standard InChI is InChI=1S/C21H30ClN5S.HI/c1-4-18-13-25-20(28-18)7-9-24-21(23-3)26-12-16-8-10-27(14-16)19-11-17(22)6-5-15(19)2;/h5-6,11,13,16H,4,7-10,12,14H2,1-3H3,(H2,23,24,26);1H. The average Bonchev–Trinajstić information content (AvgIpc) is 3.35. The number of nitrogens with zero attached hydrogens (tertiary/aromatic N) is 3. The second-order valence-corrected chi connectivity index (χ2v) is 8.87. The van der Waals surface area contributed by atoms with Crippen LogP contribution in [-0.4, -0.2) is 44.2 Å². The number of halogens is 2. The number of hydrogen-bond acceptors (Lipinski definition) is 4. The number of aliphatic imine (C=N–C) groups is 1. The minimum absolute atomic E-state index is 0. The molecule has 1 aliphatic heterocycles. The fourth-order valence-corrected chi connectivity index (χ4v) is 4.55. The van der Waals surface area contributed by atoms with Crippen molar-refractivity contribution in [3.05, 3.63) is 44.9 Å². The van der Waals surface area contributed by atoms with E-state index < -0.39 is 0 Å². The zero-order chi connectivity index (χ0) is 19.9. The van der Waals surface area contributed by atoms with Crippen molar-refractivity contribution in [2.24, 2.45) is 10.9 Å². The number of benzene rings is 1. The summed E-state index contributed by atoms with van der Waals surface area (Å²) >= 11 is 7.99. The summed E-state index contributed by atoms with van der Waals surface area (Å²) in [5, 5.41) is 8.87. The molecule has 1 saturated heterocycles. The highest BCUT2D eigenvalue weighted by molar-refractivity contribution is 14.0. The molecule has 0 saturated carbocycles. The molecule has 1 fully saturated rings.